The highest BCUT2D eigenvalue weighted by Crippen LogP contribution is 2.47. The maximum atomic E-state index is 6.46. The van der Waals surface area contributed by atoms with E-state index in [4.69, 9.17) is 34.3 Å². The van der Waals surface area contributed by atoms with Crippen LogP contribution >= 0.6 is 0 Å². The minimum absolute atomic E-state index is 0.625. The van der Waals surface area contributed by atoms with Crippen molar-refractivity contribution >= 4 is 109 Å². The summed E-state index contributed by atoms with van der Waals surface area (Å²) in [7, 11) is 0. The van der Waals surface area contributed by atoms with E-state index < -0.39 is 0 Å². The first-order chi connectivity index (χ1) is 65.4. The zero-order valence-corrected chi connectivity index (χ0v) is 71.4. The number of para-hydroxylation sites is 6. The van der Waals surface area contributed by atoms with Crippen LogP contribution in [0.1, 0.15) is 0 Å². The second-order valence-electron chi connectivity index (χ2n) is 33.5. The van der Waals surface area contributed by atoms with Gasteiger partial charge < -0.3 is 18.1 Å². The van der Waals surface area contributed by atoms with Crippen LogP contribution in [-0.4, -0.2) is 43.6 Å². The minimum atomic E-state index is 0.625. The number of furan rings is 1. The molecule has 26 aromatic rings. The van der Waals surface area contributed by atoms with Crippen LogP contribution in [0.3, 0.4) is 0 Å². The molecule has 0 saturated heterocycles. The topological polar surface area (TPSA) is 105 Å². The smallest absolute Gasteiger partial charge is 0.164 e. The number of hydrogen-bond acceptors (Lipinski definition) is 7. The molecule has 0 N–H and O–H groups in total. The Morgan fingerprint density at radius 1 is 0.159 bits per heavy atom. The van der Waals surface area contributed by atoms with E-state index in [1.807, 2.05) is 109 Å². The van der Waals surface area contributed by atoms with Gasteiger partial charge in [-0.25, -0.2) is 29.9 Å². The predicted molar refractivity (Wildman–Crippen MR) is 545 cm³/mol. The Kier molecular flexibility index (Phi) is 18.7. The molecule has 6 aromatic heterocycles. The van der Waals surface area contributed by atoms with E-state index in [2.05, 4.69) is 372 Å². The second kappa shape index (κ2) is 32.2. The van der Waals surface area contributed by atoms with Crippen molar-refractivity contribution in [3.05, 3.63) is 467 Å². The van der Waals surface area contributed by atoms with Gasteiger partial charge in [0.05, 0.1) is 33.1 Å². The van der Waals surface area contributed by atoms with E-state index in [1.165, 1.54) is 70.6 Å². The Labute approximate surface area is 759 Å². The number of aromatic nitrogens is 9. The molecule has 0 spiro atoms. The highest BCUT2D eigenvalue weighted by molar-refractivity contribution is 6.19. The molecule has 616 valence electrons. The van der Waals surface area contributed by atoms with Crippen molar-refractivity contribution in [2.45, 2.75) is 0 Å². The Morgan fingerprint density at radius 3 is 1.16 bits per heavy atom. The fraction of sp³-hybridized carbons (Fsp3) is 0. The molecule has 0 aliphatic heterocycles. The minimum Gasteiger partial charge on any atom is -0.455 e. The summed E-state index contributed by atoms with van der Waals surface area (Å²) in [6.07, 6.45) is 0. The molecule has 0 amide bonds. The van der Waals surface area contributed by atoms with Gasteiger partial charge in [0.2, 0.25) is 0 Å². The van der Waals surface area contributed by atoms with Crippen LogP contribution in [0, 0.1) is 0 Å². The highest BCUT2D eigenvalue weighted by Gasteiger charge is 2.25. The molecule has 6 heterocycles. The lowest BCUT2D eigenvalue weighted by atomic mass is 9.91. The zero-order valence-electron chi connectivity index (χ0n) is 71.4. The van der Waals surface area contributed by atoms with Crippen molar-refractivity contribution in [3.8, 4) is 141 Å². The van der Waals surface area contributed by atoms with Crippen molar-refractivity contribution in [3.63, 3.8) is 0 Å². The fourth-order valence-corrected chi connectivity index (χ4v) is 19.7. The molecule has 0 bridgehead atoms. The third-order valence-corrected chi connectivity index (χ3v) is 25.8. The molecule has 0 saturated carbocycles. The van der Waals surface area contributed by atoms with Crippen molar-refractivity contribution < 1.29 is 4.42 Å². The molecule has 10 nitrogen and oxygen atoms in total. The number of rotatable bonds is 14. The average molecular weight is 1690 g/mol. The van der Waals surface area contributed by atoms with E-state index in [1.54, 1.807) is 0 Å². The molecular formula is C122H77N9O. The van der Waals surface area contributed by atoms with Gasteiger partial charge in [0.25, 0.3) is 0 Å². The van der Waals surface area contributed by atoms with E-state index in [0.29, 0.717) is 34.9 Å². The molecule has 10 heteroatoms. The SMILES string of the molecule is c1ccc(-c2nc(-c3ccccc3)nc(-c3cc(-c4ccc5c(c4)c4ccccc4n5-c4ccc(-c5cccc6c5c5ccccc5n6-c5ccccc5)cc4)c4ccc5ccccc5c4c3)n2)cc1.c1ccc(-c2nc(-c3ccccc3)nc(-c3ccc(-c4ccc5c(c4)c4ccccc4n5-c4cccc(-c5cccc6c5oc5ccccc56)c4)cc3-c3ccccc3)n2)cc1. The third-order valence-electron chi connectivity index (χ3n) is 25.8. The first-order valence-corrected chi connectivity index (χ1v) is 44.6. The van der Waals surface area contributed by atoms with Crippen LogP contribution in [-0.2, 0) is 0 Å². The molecule has 0 fully saturated rings. The molecular weight excluding hydrogens is 1610 g/mol. The predicted octanol–water partition coefficient (Wildman–Crippen LogP) is 31.6. The Bertz CT molecular complexity index is 8880. The van der Waals surface area contributed by atoms with Crippen molar-refractivity contribution in [1.82, 2.24) is 43.6 Å². The quantitative estimate of drug-likeness (QED) is 0.0999. The lowest BCUT2D eigenvalue weighted by Crippen LogP contribution is -2.01. The summed E-state index contributed by atoms with van der Waals surface area (Å²) in [5, 5.41) is 14.2. The summed E-state index contributed by atoms with van der Waals surface area (Å²) in [5.74, 6) is 3.80. The van der Waals surface area contributed by atoms with Gasteiger partial charge in [-0.15, -0.1) is 0 Å². The van der Waals surface area contributed by atoms with E-state index in [0.717, 1.165) is 144 Å². The largest absolute Gasteiger partial charge is 0.455 e. The summed E-state index contributed by atoms with van der Waals surface area (Å²) < 4.78 is 13.6. The Balaban J connectivity index is 0.000000143. The van der Waals surface area contributed by atoms with Crippen LogP contribution in [0.5, 0.6) is 0 Å². The van der Waals surface area contributed by atoms with Crippen molar-refractivity contribution in [1.29, 1.82) is 0 Å². The van der Waals surface area contributed by atoms with Gasteiger partial charge in [-0.1, -0.05) is 352 Å². The first kappa shape index (κ1) is 76.6. The van der Waals surface area contributed by atoms with Crippen LogP contribution in [0.2, 0.25) is 0 Å². The summed E-state index contributed by atoms with van der Waals surface area (Å²) in [4.78, 5) is 30.6. The first-order valence-electron chi connectivity index (χ1n) is 44.6. The zero-order chi connectivity index (χ0) is 87.1. The molecule has 132 heavy (non-hydrogen) atoms. The van der Waals surface area contributed by atoms with Gasteiger partial charge in [-0.05, 0) is 187 Å². The van der Waals surface area contributed by atoms with Crippen LogP contribution < -0.4 is 0 Å². The third kappa shape index (κ3) is 13.4. The summed E-state index contributed by atoms with van der Waals surface area (Å²) in [5.41, 5.74) is 29.0. The fourth-order valence-electron chi connectivity index (χ4n) is 19.7. The van der Waals surface area contributed by atoms with Crippen LogP contribution in [0.4, 0.5) is 0 Å². The van der Waals surface area contributed by atoms with Crippen molar-refractivity contribution in [2.24, 2.45) is 0 Å². The maximum Gasteiger partial charge on any atom is 0.164 e. The van der Waals surface area contributed by atoms with E-state index in [9.17, 15) is 0 Å². The second-order valence-corrected chi connectivity index (χ2v) is 33.5. The van der Waals surface area contributed by atoms with Gasteiger partial charge in [0.15, 0.2) is 34.9 Å². The summed E-state index contributed by atoms with van der Waals surface area (Å²) >= 11 is 0. The molecule has 0 aliphatic rings. The molecule has 0 radical (unpaired) electrons. The Morgan fingerprint density at radius 2 is 0.538 bits per heavy atom. The van der Waals surface area contributed by atoms with Gasteiger partial charge in [-0.3, -0.25) is 0 Å². The normalized spacial score (nSPS) is 11.6. The number of fused-ring (bicyclic) bond motifs is 15. The molecule has 0 atom stereocenters. The number of nitrogens with zero attached hydrogens (tertiary/aromatic N) is 9. The molecule has 0 aliphatic carbocycles. The summed E-state index contributed by atoms with van der Waals surface area (Å²) in [6, 6.07) is 165. The van der Waals surface area contributed by atoms with E-state index >= 15 is 0 Å². The number of hydrogen-bond donors (Lipinski definition) is 0. The lowest BCUT2D eigenvalue weighted by molar-refractivity contribution is 0.670. The Hall–Kier alpha value is -17.9. The van der Waals surface area contributed by atoms with E-state index in [-0.39, 0.29) is 0 Å². The highest BCUT2D eigenvalue weighted by atomic mass is 16.3. The molecule has 0 unspecified atom stereocenters. The number of benzene rings is 20. The van der Waals surface area contributed by atoms with Gasteiger partial charge >= 0.3 is 0 Å². The average Bonchev–Trinajstić information content (AvgIpc) is 1.70. The van der Waals surface area contributed by atoms with Crippen LogP contribution in [0.15, 0.2) is 472 Å². The van der Waals surface area contributed by atoms with Crippen LogP contribution in [0.25, 0.3) is 250 Å². The van der Waals surface area contributed by atoms with Crippen molar-refractivity contribution in [2.75, 3.05) is 0 Å². The lowest BCUT2D eigenvalue weighted by Gasteiger charge is -2.14. The molecule has 20 aromatic carbocycles. The standard InChI is InChI=1S/C65H41N5.C57H36N4O/c1-4-18-44(19-5-1)63-66-64(45-20-6-2-7-21-45)68-65(67-63)47-40-55(52-37-33-42-17-10-11-24-50(42)56(52)41-47)46-34-38-60-57(39-46)53-25-12-14-28-58(53)69(60)49-35-31-43(32-36-49)51-27-16-30-61-62(51)54-26-13-15-29-59(54)70(61)48-22-8-3-9-23-48;1-4-16-37(17-5-1)49-35-40(30-32-48(49)57-59-55(38-18-6-2-7-19-38)58-56(60-57)39-20-8-3-9-21-39)41-31-33-52-50(36-41)45-24-10-12-28-51(45)61(52)43-23-14-22-42(34-43)44-26-15-27-47-46-25-11-13-29-53(46)62-54(44)47/h1-41H;1-36H. The maximum absolute atomic E-state index is 6.46. The van der Waals surface area contributed by atoms with Gasteiger partial charge in [0.1, 0.15) is 11.2 Å². The summed E-state index contributed by atoms with van der Waals surface area (Å²) in [6.45, 7) is 0. The van der Waals surface area contributed by atoms with Gasteiger partial charge in [0, 0.05) is 99.1 Å². The van der Waals surface area contributed by atoms with Gasteiger partial charge in [-0.2, -0.15) is 0 Å². The molecule has 26 rings (SSSR count). The monoisotopic (exact) mass is 1680 g/mol.